The Hall–Kier alpha value is -3.05. The molecule has 2 aromatic carbocycles. The van der Waals surface area contributed by atoms with Crippen LogP contribution in [0, 0.1) is 11.8 Å². The number of likely N-dealkylation sites (tertiary alicyclic amines) is 1. The number of ether oxygens (including phenoxy) is 1. The molecule has 0 saturated carbocycles. The largest absolute Gasteiger partial charge is 0.497 e. The molecule has 0 radical (unpaired) electrons. The predicted molar refractivity (Wildman–Crippen MR) is 132 cm³/mol. The number of amides is 1. The molecule has 2 heterocycles. The molecule has 1 aromatic heterocycles. The van der Waals surface area contributed by atoms with Gasteiger partial charge in [0, 0.05) is 56.1 Å². The number of aromatic nitrogens is 1. The van der Waals surface area contributed by atoms with E-state index in [1.54, 1.807) is 7.11 Å². The molecular weight excluding hydrogens is 410 g/mol. The summed E-state index contributed by atoms with van der Waals surface area (Å²) in [4.78, 5) is 21.3. The highest BCUT2D eigenvalue weighted by Crippen LogP contribution is 2.35. The van der Waals surface area contributed by atoms with Crippen molar-refractivity contribution in [1.29, 1.82) is 0 Å². The first-order chi connectivity index (χ1) is 16.0. The highest BCUT2D eigenvalue weighted by molar-refractivity contribution is 5.94. The van der Waals surface area contributed by atoms with Crippen LogP contribution in [-0.4, -0.2) is 54.0 Å². The van der Waals surface area contributed by atoms with Crippen LogP contribution in [0.3, 0.4) is 0 Å². The minimum atomic E-state index is 0.122. The van der Waals surface area contributed by atoms with Crippen molar-refractivity contribution in [3.63, 3.8) is 0 Å². The number of methoxy groups -OCH3 is 1. The van der Waals surface area contributed by atoms with Crippen molar-refractivity contribution in [1.82, 2.24) is 14.8 Å². The van der Waals surface area contributed by atoms with Crippen LogP contribution in [-0.2, 0) is 6.54 Å². The summed E-state index contributed by atoms with van der Waals surface area (Å²) in [6.45, 7) is 8.67. The molecule has 1 N–H and O–H groups in total. The van der Waals surface area contributed by atoms with Gasteiger partial charge in [-0.15, -0.1) is 0 Å². The highest BCUT2D eigenvalue weighted by Gasteiger charge is 2.36. The van der Waals surface area contributed by atoms with E-state index in [4.69, 9.17) is 4.74 Å². The average molecular weight is 446 g/mol. The van der Waals surface area contributed by atoms with Crippen LogP contribution in [0.5, 0.6) is 5.75 Å². The Bertz CT molecular complexity index is 1020. The van der Waals surface area contributed by atoms with Crippen molar-refractivity contribution in [3.05, 3.63) is 89.7 Å². The SMILES string of the molecule is COc1cccc(C2CN(Cc3ccc[nH]3)CC2CN(CC(C)C)C(=O)c2ccccc2)c1. The second-order valence-electron chi connectivity index (χ2n) is 9.50. The molecule has 1 aliphatic heterocycles. The number of nitrogens with one attached hydrogen (secondary N) is 1. The fraction of sp³-hybridized carbons (Fsp3) is 0.393. The van der Waals surface area contributed by atoms with Crippen molar-refractivity contribution >= 4 is 5.91 Å². The number of carbonyl (C=O) groups is 1. The predicted octanol–water partition coefficient (Wildman–Crippen LogP) is 5.04. The number of carbonyl (C=O) groups excluding carboxylic acids is 1. The fourth-order valence-electron chi connectivity index (χ4n) is 4.96. The molecule has 1 saturated heterocycles. The smallest absolute Gasteiger partial charge is 0.253 e. The number of hydrogen-bond donors (Lipinski definition) is 1. The minimum absolute atomic E-state index is 0.122. The van der Waals surface area contributed by atoms with E-state index in [2.05, 4.69) is 52.9 Å². The molecule has 1 amide bonds. The third-order valence-electron chi connectivity index (χ3n) is 6.44. The van der Waals surface area contributed by atoms with Crippen LogP contribution in [0.15, 0.2) is 72.9 Å². The Morgan fingerprint density at radius 2 is 1.91 bits per heavy atom. The summed E-state index contributed by atoms with van der Waals surface area (Å²) >= 11 is 0. The van der Waals surface area contributed by atoms with Crippen LogP contribution in [0.1, 0.15) is 41.4 Å². The monoisotopic (exact) mass is 445 g/mol. The van der Waals surface area contributed by atoms with E-state index in [1.165, 1.54) is 11.3 Å². The summed E-state index contributed by atoms with van der Waals surface area (Å²) in [6, 6.07) is 22.3. The molecule has 0 spiro atoms. The zero-order valence-electron chi connectivity index (χ0n) is 19.9. The van der Waals surface area contributed by atoms with Crippen molar-refractivity contribution < 1.29 is 9.53 Å². The van der Waals surface area contributed by atoms with Crippen LogP contribution >= 0.6 is 0 Å². The lowest BCUT2D eigenvalue weighted by atomic mass is 9.88. The Morgan fingerprint density at radius 3 is 2.61 bits per heavy atom. The molecule has 4 rings (SSSR count). The molecule has 5 nitrogen and oxygen atoms in total. The second-order valence-corrected chi connectivity index (χ2v) is 9.50. The van der Waals surface area contributed by atoms with Gasteiger partial charge >= 0.3 is 0 Å². The van der Waals surface area contributed by atoms with E-state index < -0.39 is 0 Å². The summed E-state index contributed by atoms with van der Waals surface area (Å²) in [5.74, 6) is 2.10. The molecule has 5 heteroatoms. The van der Waals surface area contributed by atoms with Gasteiger partial charge in [0.25, 0.3) is 5.91 Å². The maximum atomic E-state index is 13.4. The zero-order valence-corrected chi connectivity index (χ0v) is 19.9. The lowest BCUT2D eigenvalue weighted by Gasteiger charge is -2.30. The third kappa shape index (κ3) is 5.85. The van der Waals surface area contributed by atoms with Gasteiger partial charge in [-0.2, -0.15) is 0 Å². The highest BCUT2D eigenvalue weighted by atomic mass is 16.5. The van der Waals surface area contributed by atoms with Gasteiger partial charge in [-0.1, -0.05) is 44.2 Å². The second kappa shape index (κ2) is 10.7. The van der Waals surface area contributed by atoms with Crippen LogP contribution < -0.4 is 4.74 Å². The Kier molecular flexibility index (Phi) is 7.50. The maximum Gasteiger partial charge on any atom is 0.253 e. The normalized spacial score (nSPS) is 18.5. The van der Waals surface area contributed by atoms with E-state index in [0.717, 1.165) is 44.0 Å². The van der Waals surface area contributed by atoms with Crippen molar-refractivity contribution in [2.75, 3.05) is 33.3 Å². The number of benzene rings is 2. The Balaban J connectivity index is 1.59. The van der Waals surface area contributed by atoms with Gasteiger partial charge in [-0.3, -0.25) is 9.69 Å². The maximum absolute atomic E-state index is 13.4. The topological polar surface area (TPSA) is 48.6 Å². The summed E-state index contributed by atoms with van der Waals surface area (Å²) < 4.78 is 5.51. The Morgan fingerprint density at radius 1 is 1.09 bits per heavy atom. The van der Waals surface area contributed by atoms with Crippen LogP contribution in [0.4, 0.5) is 0 Å². The summed E-state index contributed by atoms with van der Waals surface area (Å²) in [5, 5.41) is 0. The first-order valence-electron chi connectivity index (χ1n) is 11.9. The molecule has 0 aliphatic carbocycles. The number of hydrogen-bond acceptors (Lipinski definition) is 3. The van der Waals surface area contributed by atoms with Gasteiger partial charge in [0.15, 0.2) is 0 Å². The van der Waals surface area contributed by atoms with Crippen molar-refractivity contribution in [3.8, 4) is 5.75 Å². The molecule has 0 bridgehead atoms. The summed E-state index contributed by atoms with van der Waals surface area (Å²) in [7, 11) is 1.71. The molecule has 3 aromatic rings. The number of nitrogens with zero attached hydrogens (tertiary/aromatic N) is 2. The standard InChI is InChI=1S/C28H35N3O2/c1-21(2)16-31(28(32)22-9-5-4-6-10-22)18-24-17-30(19-25-12-8-14-29-25)20-27(24)23-11-7-13-26(15-23)33-3/h4-15,21,24,27,29H,16-20H2,1-3H3. The first-order valence-corrected chi connectivity index (χ1v) is 11.9. The summed E-state index contributed by atoms with van der Waals surface area (Å²) in [6.07, 6.45) is 1.98. The van der Waals surface area contributed by atoms with E-state index >= 15 is 0 Å². The molecule has 2 unspecified atom stereocenters. The quantitative estimate of drug-likeness (QED) is 0.502. The lowest BCUT2D eigenvalue weighted by Crippen LogP contribution is -2.39. The number of rotatable bonds is 9. The average Bonchev–Trinajstić information content (AvgIpc) is 3.48. The number of aromatic amines is 1. The molecular formula is C28H35N3O2. The van der Waals surface area contributed by atoms with E-state index in [-0.39, 0.29) is 5.91 Å². The van der Waals surface area contributed by atoms with Crippen molar-refractivity contribution in [2.45, 2.75) is 26.3 Å². The van der Waals surface area contributed by atoms with Gasteiger partial charge in [-0.05, 0) is 53.8 Å². The van der Waals surface area contributed by atoms with E-state index in [1.807, 2.05) is 48.7 Å². The third-order valence-corrected chi connectivity index (χ3v) is 6.44. The van der Waals surface area contributed by atoms with Gasteiger partial charge in [0.1, 0.15) is 5.75 Å². The van der Waals surface area contributed by atoms with Crippen LogP contribution in [0.2, 0.25) is 0 Å². The van der Waals surface area contributed by atoms with E-state index in [9.17, 15) is 4.79 Å². The van der Waals surface area contributed by atoms with E-state index in [0.29, 0.717) is 17.8 Å². The fourth-order valence-corrected chi connectivity index (χ4v) is 4.96. The zero-order chi connectivity index (χ0) is 23.2. The lowest BCUT2D eigenvalue weighted by molar-refractivity contribution is 0.0703. The van der Waals surface area contributed by atoms with Gasteiger partial charge < -0.3 is 14.6 Å². The van der Waals surface area contributed by atoms with Crippen LogP contribution in [0.25, 0.3) is 0 Å². The molecule has 1 fully saturated rings. The van der Waals surface area contributed by atoms with Gasteiger partial charge in [0.2, 0.25) is 0 Å². The number of H-pyrrole nitrogens is 1. The van der Waals surface area contributed by atoms with Gasteiger partial charge in [-0.25, -0.2) is 0 Å². The molecule has 1 aliphatic rings. The molecule has 2 atom stereocenters. The van der Waals surface area contributed by atoms with Gasteiger partial charge in [0.05, 0.1) is 7.11 Å². The Labute approximate surface area is 197 Å². The first kappa shape index (κ1) is 23.1. The minimum Gasteiger partial charge on any atom is -0.497 e. The molecule has 174 valence electrons. The molecule has 33 heavy (non-hydrogen) atoms. The summed E-state index contributed by atoms with van der Waals surface area (Å²) in [5.41, 5.74) is 3.27. The van der Waals surface area contributed by atoms with Crippen molar-refractivity contribution in [2.24, 2.45) is 11.8 Å².